The van der Waals surface area contributed by atoms with Gasteiger partial charge in [0.1, 0.15) is 0 Å². The van der Waals surface area contributed by atoms with E-state index >= 15 is 0 Å². The number of carbonyl (C=O) groups excluding carboxylic acids is 1. The summed E-state index contributed by atoms with van der Waals surface area (Å²) in [5, 5.41) is 0. The zero-order chi connectivity index (χ0) is 14.7. The second-order valence-electron chi connectivity index (χ2n) is 5.39. The molecule has 0 unspecified atom stereocenters. The molecule has 1 aliphatic rings. The van der Waals surface area contributed by atoms with Gasteiger partial charge < -0.3 is 9.80 Å². The molecule has 1 amide bonds. The van der Waals surface area contributed by atoms with Gasteiger partial charge in [0.2, 0.25) is 0 Å². The Kier molecular flexibility index (Phi) is 3.97. The number of piperazine rings is 1. The fraction of sp³-hybridized carbons (Fsp3) is 0.294. The molecule has 1 saturated heterocycles. The lowest BCUT2D eigenvalue weighted by molar-refractivity contribution is 0.0663. The van der Waals surface area contributed by atoms with Crippen LogP contribution in [0, 0.1) is 0 Å². The molecule has 21 heavy (non-hydrogen) atoms. The van der Waals surface area contributed by atoms with Gasteiger partial charge in [0, 0.05) is 37.9 Å². The first-order chi connectivity index (χ1) is 10.2. The van der Waals surface area contributed by atoms with Crippen LogP contribution in [0.15, 0.2) is 48.7 Å². The summed E-state index contributed by atoms with van der Waals surface area (Å²) < 4.78 is 0. The first-order valence-electron chi connectivity index (χ1n) is 7.23. The second-order valence-corrected chi connectivity index (χ2v) is 5.39. The van der Waals surface area contributed by atoms with E-state index in [-0.39, 0.29) is 5.91 Å². The molecule has 0 atom stereocenters. The minimum Gasteiger partial charge on any atom is -0.336 e. The fourth-order valence-electron chi connectivity index (χ4n) is 2.49. The summed E-state index contributed by atoms with van der Waals surface area (Å²) in [4.78, 5) is 21.0. The second kappa shape index (κ2) is 6.06. The van der Waals surface area contributed by atoms with Crippen LogP contribution in [0.3, 0.4) is 0 Å². The molecule has 4 nitrogen and oxygen atoms in total. The van der Waals surface area contributed by atoms with Crippen LogP contribution in [0.1, 0.15) is 10.4 Å². The van der Waals surface area contributed by atoms with Gasteiger partial charge in [-0.3, -0.25) is 9.78 Å². The van der Waals surface area contributed by atoms with E-state index in [0.717, 1.165) is 37.4 Å². The number of likely N-dealkylation sites (N-methyl/N-ethyl adjacent to an activating group) is 1. The van der Waals surface area contributed by atoms with Crippen molar-refractivity contribution in [3.63, 3.8) is 0 Å². The van der Waals surface area contributed by atoms with Crippen molar-refractivity contribution in [1.82, 2.24) is 14.8 Å². The summed E-state index contributed by atoms with van der Waals surface area (Å²) in [7, 11) is 2.08. The standard InChI is InChI=1S/C17H19N3O/c1-19-9-11-20(12-10-19)17(21)15-7-8-16(18-13-15)14-5-3-2-4-6-14/h2-8,13H,9-12H2,1H3. The van der Waals surface area contributed by atoms with Crippen LogP contribution in [0.5, 0.6) is 0 Å². The maximum atomic E-state index is 12.4. The van der Waals surface area contributed by atoms with Gasteiger partial charge in [-0.15, -0.1) is 0 Å². The molecule has 1 aliphatic heterocycles. The number of pyridine rings is 1. The summed E-state index contributed by atoms with van der Waals surface area (Å²) in [6.07, 6.45) is 1.68. The Balaban J connectivity index is 1.73. The van der Waals surface area contributed by atoms with Crippen LogP contribution in [0.2, 0.25) is 0 Å². The maximum absolute atomic E-state index is 12.4. The Labute approximate surface area is 125 Å². The Morgan fingerprint density at radius 3 is 2.33 bits per heavy atom. The summed E-state index contributed by atoms with van der Waals surface area (Å²) in [6.45, 7) is 3.44. The van der Waals surface area contributed by atoms with Crippen LogP contribution in [0.25, 0.3) is 11.3 Å². The van der Waals surface area contributed by atoms with Crippen molar-refractivity contribution in [3.05, 3.63) is 54.2 Å². The Morgan fingerprint density at radius 1 is 1.00 bits per heavy atom. The highest BCUT2D eigenvalue weighted by Gasteiger charge is 2.20. The van der Waals surface area contributed by atoms with E-state index in [1.807, 2.05) is 47.4 Å². The average molecular weight is 281 g/mol. The molecule has 108 valence electrons. The number of benzene rings is 1. The van der Waals surface area contributed by atoms with E-state index in [9.17, 15) is 4.79 Å². The molecule has 2 heterocycles. The highest BCUT2D eigenvalue weighted by molar-refractivity contribution is 5.94. The molecule has 0 spiro atoms. The summed E-state index contributed by atoms with van der Waals surface area (Å²) >= 11 is 0. The third kappa shape index (κ3) is 3.11. The predicted molar refractivity (Wildman–Crippen MR) is 83.1 cm³/mol. The van der Waals surface area contributed by atoms with E-state index < -0.39 is 0 Å². The molecule has 3 rings (SSSR count). The monoisotopic (exact) mass is 281 g/mol. The minimum atomic E-state index is 0.0789. The van der Waals surface area contributed by atoms with E-state index in [1.165, 1.54) is 0 Å². The molecule has 2 aromatic rings. The Morgan fingerprint density at radius 2 is 1.71 bits per heavy atom. The van der Waals surface area contributed by atoms with E-state index in [2.05, 4.69) is 16.9 Å². The molecule has 1 aromatic carbocycles. The predicted octanol–water partition coefficient (Wildman–Crippen LogP) is 2.14. The zero-order valence-electron chi connectivity index (χ0n) is 12.2. The molecule has 0 aliphatic carbocycles. The maximum Gasteiger partial charge on any atom is 0.255 e. The molecule has 4 heteroatoms. The van der Waals surface area contributed by atoms with Gasteiger partial charge in [0.25, 0.3) is 5.91 Å². The van der Waals surface area contributed by atoms with Crippen molar-refractivity contribution >= 4 is 5.91 Å². The van der Waals surface area contributed by atoms with Crippen molar-refractivity contribution in [2.45, 2.75) is 0 Å². The van der Waals surface area contributed by atoms with E-state index in [4.69, 9.17) is 0 Å². The third-order valence-electron chi connectivity index (χ3n) is 3.87. The van der Waals surface area contributed by atoms with E-state index in [0.29, 0.717) is 5.56 Å². The van der Waals surface area contributed by atoms with Crippen molar-refractivity contribution < 1.29 is 4.79 Å². The quantitative estimate of drug-likeness (QED) is 0.846. The molecular formula is C17H19N3O. The highest BCUT2D eigenvalue weighted by atomic mass is 16.2. The number of hydrogen-bond donors (Lipinski definition) is 0. The first-order valence-corrected chi connectivity index (χ1v) is 7.23. The van der Waals surface area contributed by atoms with Gasteiger partial charge in [-0.25, -0.2) is 0 Å². The number of aromatic nitrogens is 1. The summed E-state index contributed by atoms with van der Waals surface area (Å²) in [6, 6.07) is 13.8. The van der Waals surface area contributed by atoms with Crippen molar-refractivity contribution in [2.24, 2.45) is 0 Å². The smallest absolute Gasteiger partial charge is 0.255 e. The molecule has 1 fully saturated rings. The van der Waals surface area contributed by atoms with Crippen LogP contribution >= 0.6 is 0 Å². The topological polar surface area (TPSA) is 36.4 Å². The van der Waals surface area contributed by atoms with Gasteiger partial charge in [0.05, 0.1) is 11.3 Å². The van der Waals surface area contributed by atoms with Gasteiger partial charge in [0.15, 0.2) is 0 Å². The fourth-order valence-corrected chi connectivity index (χ4v) is 2.49. The highest BCUT2D eigenvalue weighted by Crippen LogP contribution is 2.17. The van der Waals surface area contributed by atoms with Crippen molar-refractivity contribution in [2.75, 3.05) is 33.2 Å². The minimum absolute atomic E-state index is 0.0789. The lowest BCUT2D eigenvalue weighted by atomic mass is 10.1. The number of amides is 1. The van der Waals surface area contributed by atoms with Gasteiger partial charge in [-0.1, -0.05) is 30.3 Å². The van der Waals surface area contributed by atoms with Crippen LogP contribution in [-0.4, -0.2) is 53.9 Å². The largest absolute Gasteiger partial charge is 0.336 e. The first kappa shape index (κ1) is 13.8. The Hall–Kier alpha value is -2.20. The number of nitrogens with zero attached hydrogens (tertiary/aromatic N) is 3. The molecule has 1 aromatic heterocycles. The lowest BCUT2D eigenvalue weighted by Gasteiger charge is -2.32. The molecule has 0 saturated carbocycles. The van der Waals surface area contributed by atoms with Crippen molar-refractivity contribution in [1.29, 1.82) is 0 Å². The third-order valence-corrected chi connectivity index (χ3v) is 3.87. The number of hydrogen-bond acceptors (Lipinski definition) is 3. The molecular weight excluding hydrogens is 262 g/mol. The summed E-state index contributed by atoms with van der Waals surface area (Å²) in [5.74, 6) is 0.0789. The zero-order valence-corrected chi connectivity index (χ0v) is 12.2. The van der Waals surface area contributed by atoms with Gasteiger partial charge in [-0.2, -0.15) is 0 Å². The van der Waals surface area contributed by atoms with E-state index in [1.54, 1.807) is 6.20 Å². The van der Waals surface area contributed by atoms with Crippen molar-refractivity contribution in [3.8, 4) is 11.3 Å². The molecule has 0 bridgehead atoms. The van der Waals surface area contributed by atoms with Gasteiger partial charge >= 0.3 is 0 Å². The average Bonchev–Trinajstić information content (AvgIpc) is 2.56. The molecule has 0 N–H and O–H groups in total. The molecule has 0 radical (unpaired) electrons. The Bertz CT molecular complexity index is 602. The lowest BCUT2D eigenvalue weighted by Crippen LogP contribution is -2.47. The van der Waals surface area contributed by atoms with Crippen LogP contribution in [0.4, 0.5) is 0 Å². The SMILES string of the molecule is CN1CCN(C(=O)c2ccc(-c3ccccc3)nc2)CC1. The normalized spacial score (nSPS) is 16.0. The van der Waals surface area contributed by atoms with Crippen LogP contribution in [-0.2, 0) is 0 Å². The van der Waals surface area contributed by atoms with Crippen LogP contribution < -0.4 is 0 Å². The number of rotatable bonds is 2. The number of carbonyl (C=O) groups is 1. The summed E-state index contributed by atoms with van der Waals surface area (Å²) in [5.41, 5.74) is 2.63. The van der Waals surface area contributed by atoms with Gasteiger partial charge in [-0.05, 0) is 19.2 Å².